The number of hydrogen-bond donors (Lipinski definition) is 1. The van der Waals surface area contributed by atoms with Crippen molar-refractivity contribution in [2.75, 3.05) is 0 Å². The van der Waals surface area contributed by atoms with E-state index in [0.717, 1.165) is 25.7 Å². The highest BCUT2D eigenvalue weighted by atomic mass is 16.5. The normalized spacial score (nSPS) is 22.1. The average molecular weight is 113 g/mol. The molecule has 0 aromatic carbocycles. The van der Waals surface area contributed by atoms with Gasteiger partial charge < -0.3 is 4.74 Å². The van der Waals surface area contributed by atoms with Crippen LogP contribution < -0.4 is 0 Å². The third-order valence-corrected chi connectivity index (χ3v) is 1.76. The highest BCUT2D eigenvalue weighted by molar-refractivity contribution is 5.43. The third-order valence-electron chi connectivity index (χ3n) is 1.76. The van der Waals surface area contributed by atoms with Crippen molar-refractivity contribution in [2.24, 2.45) is 0 Å². The molecule has 1 rings (SSSR count). The Labute approximate surface area is 49.4 Å². The molecule has 2 heteroatoms. The quantitative estimate of drug-likeness (QED) is 0.437. The van der Waals surface area contributed by atoms with Gasteiger partial charge in [-0.15, -0.1) is 0 Å². The fourth-order valence-corrected chi connectivity index (χ4v) is 0.819. The van der Waals surface area contributed by atoms with Crippen LogP contribution in [0.1, 0.15) is 26.2 Å². The number of rotatable bonds is 3. The zero-order valence-electron chi connectivity index (χ0n) is 5.11. The maximum absolute atomic E-state index is 6.65. The Balaban J connectivity index is 2.29. The van der Waals surface area contributed by atoms with Gasteiger partial charge in [-0.3, -0.25) is 5.41 Å². The molecule has 0 aromatic rings. The summed E-state index contributed by atoms with van der Waals surface area (Å²) in [4.78, 5) is 0. The van der Waals surface area contributed by atoms with Crippen molar-refractivity contribution in [2.45, 2.75) is 31.8 Å². The van der Waals surface area contributed by atoms with E-state index in [4.69, 9.17) is 10.1 Å². The summed E-state index contributed by atoms with van der Waals surface area (Å²) in [6.45, 7) is 2.09. The van der Waals surface area contributed by atoms with E-state index in [1.165, 1.54) is 0 Å². The molecule has 8 heavy (non-hydrogen) atoms. The Hall–Kier alpha value is -0.530. The van der Waals surface area contributed by atoms with E-state index in [2.05, 4.69) is 6.92 Å². The van der Waals surface area contributed by atoms with Gasteiger partial charge in [-0.1, -0.05) is 6.92 Å². The van der Waals surface area contributed by atoms with E-state index >= 15 is 0 Å². The molecule has 1 aliphatic rings. The Bertz CT molecular complexity index is 96.7. The highest BCUT2D eigenvalue weighted by Gasteiger charge is 2.42. The molecule has 0 saturated heterocycles. The minimum Gasteiger partial charge on any atom is -0.477 e. The van der Waals surface area contributed by atoms with Crippen LogP contribution in [0.15, 0.2) is 0 Å². The smallest absolute Gasteiger partial charge is 0.167 e. The van der Waals surface area contributed by atoms with Crippen molar-refractivity contribution in [3.05, 3.63) is 0 Å². The third kappa shape index (κ3) is 0.831. The van der Waals surface area contributed by atoms with Crippen molar-refractivity contribution in [1.82, 2.24) is 0 Å². The van der Waals surface area contributed by atoms with Crippen molar-refractivity contribution >= 4 is 6.40 Å². The van der Waals surface area contributed by atoms with E-state index in [0.29, 0.717) is 0 Å². The number of hydrogen-bond acceptors (Lipinski definition) is 2. The molecule has 46 valence electrons. The fraction of sp³-hybridized carbons (Fsp3) is 0.833. The van der Waals surface area contributed by atoms with Crippen molar-refractivity contribution in [3.8, 4) is 0 Å². The van der Waals surface area contributed by atoms with E-state index in [1.54, 1.807) is 0 Å². The summed E-state index contributed by atoms with van der Waals surface area (Å²) in [6.07, 6.45) is 4.37. The molecule has 1 saturated carbocycles. The first kappa shape index (κ1) is 5.60. The maximum Gasteiger partial charge on any atom is 0.167 e. The van der Waals surface area contributed by atoms with E-state index in [-0.39, 0.29) is 5.60 Å². The molecule has 0 unspecified atom stereocenters. The molecule has 1 N–H and O–H groups in total. The van der Waals surface area contributed by atoms with Gasteiger partial charge in [0.15, 0.2) is 6.40 Å². The molecule has 0 amide bonds. The predicted molar refractivity (Wildman–Crippen MR) is 32.1 cm³/mol. The van der Waals surface area contributed by atoms with Gasteiger partial charge in [0.1, 0.15) is 5.60 Å². The van der Waals surface area contributed by atoms with Crippen LogP contribution in [0.5, 0.6) is 0 Å². The number of nitrogens with one attached hydrogen (secondary N) is 1. The molecule has 2 nitrogen and oxygen atoms in total. The lowest BCUT2D eigenvalue weighted by Gasteiger charge is -2.08. The lowest BCUT2D eigenvalue weighted by Crippen LogP contribution is -2.09. The molecule has 1 fully saturated rings. The maximum atomic E-state index is 6.65. The first-order valence-corrected chi connectivity index (χ1v) is 3.00. The van der Waals surface area contributed by atoms with Crippen LogP contribution in [-0.4, -0.2) is 12.0 Å². The molecule has 0 bridgehead atoms. The second-order valence-corrected chi connectivity index (χ2v) is 2.27. The summed E-state index contributed by atoms with van der Waals surface area (Å²) in [5.74, 6) is 0. The van der Waals surface area contributed by atoms with Gasteiger partial charge in [0.2, 0.25) is 0 Å². The second kappa shape index (κ2) is 1.77. The van der Waals surface area contributed by atoms with E-state index < -0.39 is 0 Å². The van der Waals surface area contributed by atoms with Crippen LogP contribution in [0.25, 0.3) is 0 Å². The van der Waals surface area contributed by atoms with E-state index in [1.807, 2.05) is 0 Å². The van der Waals surface area contributed by atoms with Crippen LogP contribution in [0, 0.1) is 5.41 Å². The molecule has 0 aromatic heterocycles. The topological polar surface area (TPSA) is 33.1 Å². The molecule has 0 atom stereocenters. The van der Waals surface area contributed by atoms with Gasteiger partial charge in [-0.05, 0) is 19.3 Å². The van der Waals surface area contributed by atoms with Gasteiger partial charge in [0.05, 0.1) is 0 Å². The summed E-state index contributed by atoms with van der Waals surface area (Å²) < 4.78 is 5.03. The average Bonchev–Trinajstić information content (AvgIpc) is 2.50. The minimum absolute atomic E-state index is 0.0990. The molecular formula is C6H11NO. The largest absolute Gasteiger partial charge is 0.477 e. The Morgan fingerprint density at radius 3 is 2.50 bits per heavy atom. The Morgan fingerprint density at radius 2 is 2.38 bits per heavy atom. The SMILES string of the molecule is CCC1(OC=N)CC1. The lowest BCUT2D eigenvalue weighted by atomic mass is 10.3. The standard InChI is InChI=1S/C6H11NO/c1-2-6(3-4-6)8-5-7/h5,7H,2-4H2,1H3. The first-order valence-electron chi connectivity index (χ1n) is 3.00. The molecule has 1 aliphatic carbocycles. The van der Waals surface area contributed by atoms with Crippen LogP contribution in [0.3, 0.4) is 0 Å². The predicted octanol–water partition coefficient (Wildman–Crippen LogP) is 1.55. The minimum atomic E-state index is 0.0990. The first-order chi connectivity index (χ1) is 3.83. The van der Waals surface area contributed by atoms with Gasteiger partial charge in [-0.25, -0.2) is 0 Å². The zero-order chi connectivity index (χ0) is 6.04. The van der Waals surface area contributed by atoms with Gasteiger partial charge in [0.25, 0.3) is 0 Å². The van der Waals surface area contributed by atoms with Gasteiger partial charge >= 0.3 is 0 Å². The monoisotopic (exact) mass is 113 g/mol. The van der Waals surface area contributed by atoms with Crippen molar-refractivity contribution in [3.63, 3.8) is 0 Å². The van der Waals surface area contributed by atoms with Crippen LogP contribution >= 0.6 is 0 Å². The lowest BCUT2D eigenvalue weighted by molar-refractivity contribution is 0.170. The van der Waals surface area contributed by atoms with Gasteiger partial charge in [0, 0.05) is 0 Å². The summed E-state index contributed by atoms with van der Waals surface area (Å²) in [7, 11) is 0. The molecule has 0 aliphatic heterocycles. The zero-order valence-corrected chi connectivity index (χ0v) is 5.11. The summed E-state index contributed by atoms with van der Waals surface area (Å²) in [5, 5.41) is 6.65. The van der Waals surface area contributed by atoms with Crippen LogP contribution in [-0.2, 0) is 4.74 Å². The molecule has 0 heterocycles. The highest BCUT2D eigenvalue weighted by Crippen LogP contribution is 2.41. The Kier molecular flexibility index (Phi) is 1.24. The summed E-state index contributed by atoms with van der Waals surface area (Å²) >= 11 is 0. The van der Waals surface area contributed by atoms with Crippen molar-refractivity contribution < 1.29 is 4.74 Å². The summed E-state index contributed by atoms with van der Waals surface area (Å²) in [6, 6.07) is 0. The molecule has 0 spiro atoms. The number of ether oxygens (including phenoxy) is 1. The second-order valence-electron chi connectivity index (χ2n) is 2.27. The fourth-order valence-electron chi connectivity index (χ4n) is 0.819. The summed E-state index contributed by atoms with van der Waals surface area (Å²) in [5.41, 5.74) is 0.0990. The molecular weight excluding hydrogens is 102 g/mol. The van der Waals surface area contributed by atoms with E-state index in [9.17, 15) is 0 Å². The van der Waals surface area contributed by atoms with Crippen LogP contribution in [0.2, 0.25) is 0 Å². The van der Waals surface area contributed by atoms with Crippen LogP contribution in [0.4, 0.5) is 0 Å². The van der Waals surface area contributed by atoms with Crippen molar-refractivity contribution in [1.29, 1.82) is 5.41 Å². The molecule has 0 radical (unpaired) electrons. The van der Waals surface area contributed by atoms with Gasteiger partial charge in [-0.2, -0.15) is 0 Å². The Morgan fingerprint density at radius 1 is 1.75 bits per heavy atom.